The summed E-state index contributed by atoms with van der Waals surface area (Å²) in [7, 11) is -1.77. The highest BCUT2D eigenvalue weighted by atomic mass is 32.2. The maximum absolute atomic E-state index is 11.3. The molecule has 0 saturated carbocycles. The van der Waals surface area contributed by atoms with Gasteiger partial charge in [-0.25, -0.2) is 8.42 Å². The van der Waals surface area contributed by atoms with Crippen molar-refractivity contribution < 1.29 is 23.1 Å². The van der Waals surface area contributed by atoms with Gasteiger partial charge in [0.05, 0.1) is 23.5 Å². The molecule has 0 aromatic rings. The van der Waals surface area contributed by atoms with Crippen LogP contribution in [0.5, 0.6) is 0 Å². The van der Waals surface area contributed by atoms with Gasteiger partial charge in [0.2, 0.25) is 0 Å². The van der Waals surface area contributed by atoms with Gasteiger partial charge in [-0.15, -0.1) is 0 Å². The molecular weight excluding hydrogens is 208 g/mol. The van der Waals surface area contributed by atoms with Gasteiger partial charge in [0.25, 0.3) is 0 Å². The predicted octanol–water partition coefficient (Wildman–Crippen LogP) is 0.0549. The Bertz CT molecular complexity index is 321. The van der Waals surface area contributed by atoms with E-state index in [1.165, 1.54) is 7.11 Å². The second kappa shape index (κ2) is 3.86. The minimum atomic E-state index is -3.14. The normalized spacial score (nSPS) is 31.2. The molecule has 1 aliphatic heterocycles. The van der Waals surface area contributed by atoms with E-state index in [4.69, 9.17) is 9.84 Å². The summed E-state index contributed by atoms with van der Waals surface area (Å²) in [6.45, 7) is 0. The molecule has 1 unspecified atom stereocenters. The summed E-state index contributed by atoms with van der Waals surface area (Å²) < 4.78 is 27.7. The second-order valence-electron chi connectivity index (χ2n) is 3.65. The van der Waals surface area contributed by atoms with Gasteiger partial charge in [0, 0.05) is 7.11 Å². The molecule has 0 amide bonds. The van der Waals surface area contributed by atoms with E-state index in [-0.39, 0.29) is 17.9 Å². The average molecular weight is 222 g/mol. The van der Waals surface area contributed by atoms with Crippen LogP contribution < -0.4 is 0 Å². The summed E-state index contributed by atoms with van der Waals surface area (Å²) in [5.74, 6) is -1.07. The molecule has 1 heterocycles. The van der Waals surface area contributed by atoms with E-state index in [0.717, 1.165) is 0 Å². The maximum atomic E-state index is 11.3. The first-order valence-electron chi connectivity index (χ1n) is 4.37. The predicted molar refractivity (Wildman–Crippen MR) is 49.9 cm³/mol. The van der Waals surface area contributed by atoms with Crippen LogP contribution in [0.3, 0.4) is 0 Å². The van der Waals surface area contributed by atoms with Crippen LogP contribution in [0.4, 0.5) is 0 Å². The molecule has 1 atom stereocenters. The van der Waals surface area contributed by atoms with E-state index in [1.807, 2.05) is 0 Å². The Morgan fingerprint density at radius 1 is 1.57 bits per heavy atom. The van der Waals surface area contributed by atoms with Crippen LogP contribution in [0.15, 0.2) is 0 Å². The fourth-order valence-electron chi connectivity index (χ4n) is 1.81. The lowest BCUT2D eigenvalue weighted by Gasteiger charge is -2.34. The Morgan fingerprint density at radius 2 is 2.21 bits per heavy atom. The van der Waals surface area contributed by atoms with Crippen molar-refractivity contribution >= 4 is 15.8 Å². The van der Waals surface area contributed by atoms with Crippen molar-refractivity contribution in [2.75, 3.05) is 18.6 Å². The number of methoxy groups -OCH3 is 1. The average Bonchev–Trinajstić information content (AvgIpc) is 2.01. The highest BCUT2D eigenvalue weighted by Crippen LogP contribution is 2.29. The standard InChI is InChI=1S/C8H14O5S/c1-13-8(5-7(9)10)3-2-4-14(11,12)6-8/h2-6H2,1H3,(H,9,10). The van der Waals surface area contributed by atoms with Gasteiger partial charge in [-0.2, -0.15) is 0 Å². The maximum Gasteiger partial charge on any atom is 0.306 e. The topological polar surface area (TPSA) is 80.7 Å². The number of ether oxygens (including phenoxy) is 1. The van der Waals surface area contributed by atoms with Crippen molar-refractivity contribution in [1.29, 1.82) is 0 Å². The third-order valence-electron chi connectivity index (χ3n) is 2.48. The monoisotopic (exact) mass is 222 g/mol. The summed E-state index contributed by atoms with van der Waals surface area (Å²) >= 11 is 0. The number of hydrogen-bond donors (Lipinski definition) is 1. The molecule has 0 aromatic heterocycles. The minimum Gasteiger partial charge on any atom is -0.481 e. The van der Waals surface area contributed by atoms with Crippen LogP contribution in [0.1, 0.15) is 19.3 Å². The van der Waals surface area contributed by atoms with E-state index >= 15 is 0 Å². The van der Waals surface area contributed by atoms with Gasteiger partial charge >= 0.3 is 5.97 Å². The molecule has 1 fully saturated rings. The van der Waals surface area contributed by atoms with Gasteiger partial charge in [0.15, 0.2) is 9.84 Å². The highest BCUT2D eigenvalue weighted by molar-refractivity contribution is 7.91. The number of hydrogen-bond acceptors (Lipinski definition) is 4. The molecule has 0 aromatic carbocycles. The Kier molecular flexibility index (Phi) is 3.16. The number of carbonyl (C=O) groups is 1. The van der Waals surface area contributed by atoms with Gasteiger partial charge < -0.3 is 9.84 Å². The lowest BCUT2D eigenvalue weighted by molar-refractivity contribution is -0.143. The second-order valence-corrected chi connectivity index (χ2v) is 5.84. The molecule has 5 nitrogen and oxygen atoms in total. The largest absolute Gasteiger partial charge is 0.481 e. The molecule has 0 aliphatic carbocycles. The summed E-state index contributed by atoms with van der Waals surface area (Å²) in [6.07, 6.45) is 0.723. The SMILES string of the molecule is COC1(CC(=O)O)CCCS(=O)(=O)C1. The van der Waals surface area contributed by atoms with Crippen molar-refractivity contribution in [1.82, 2.24) is 0 Å². The lowest BCUT2D eigenvalue weighted by Crippen LogP contribution is -2.45. The first-order valence-corrected chi connectivity index (χ1v) is 6.19. The third kappa shape index (κ3) is 2.68. The van der Waals surface area contributed by atoms with Gasteiger partial charge in [-0.3, -0.25) is 4.79 Å². The molecule has 0 bridgehead atoms. The molecule has 6 heteroatoms. The lowest BCUT2D eigenvalue weighted by atomic mass is 9.95. The molecule has 1 saturated heterocycles. The van der Waals surface area contributed by atoms with Crippen LogP contribution in [-0.4, -0.2) is 43.7 Å². The smallest absolute Gasteiger partial charge is 0.306 e. The van der Waals surface area contributed by atoms with E-state index in [1.54, 1.807) is 0 Å². The first kappa shape index (κ1) is 11.5. The van der Waals surface area contributed by atoms with Crippen LogP contribution in [-0.2, 0) is 19.4 Å². The molecule has 82 valence electrons. The molecule has 14 heavy (non-hydrogen) atoms. The Labute approximate surface area is 83.0 Å². The highest BCUT2D eigenvalue weighted by Gasteiger charge is 2.40. The van der Waals surface area contributed by atoms with Gasteiger partial charge in [-0.05, 0) is 12.8 Å². The molecular formula is C8H14O5S. The summed E-state index contributed by atoms with van der Waals surface area (Å²) in [6, 6.07) is 0. The molecule has 0 spiro atoms. The summed E-state index contributed by atoms with van der Waals surface area (Å²) in [5, 5.41) is 8.66. The third-order valence-corrected chi connectivity index (χ3v) is 4.35. The van der Waals surface area contributed by atoms with Crippen LogP contribution in [0.25, 0.3) is 0 Å². The molecule has 1 rings (SSSR count). The molecule has 1 N–H and O–H groups in total. The van der Waals surface area contributed by atoms with E-state index in [9.17, 15) is 13.2 Å². The Balaban J connectivity index is 2.83. The Hall–Kier alpha value is -0.620. The van der Waals surface area contributed by atoms with Crippen molar-refractivity contribution in [2.24, 2.45) is 0 Å². The quantitative estimate of drug-likeness (QED) is 0.730. The van der Waals surface area contributed by atoms with Crippen molar-refractivity contribution in [3.05, 3.63) is 0 Å². The van der Waals surface area contributed by atoms with E-state index in [2.05, 4.69) is 0 Å². The van der Waals surface area contributed by atoms with Gasteiger partial charge in [0.1, 0.15) is 0 Å². The molecule has 1 aliphatic rings. The number of carboxylic acids is 1. The van der Waals surface area contributed by atoms with Crippen LogP contribution in [0.2, 0.25) is 0 Å². The van der Waals surface area contributed by atoms with Crippen molar-refractivity contribution in [3.63, 3.8) is 0 Å². The van der Waals surface area contributed by atoms with Crippen molar-refractivity contribution in [2.45, 2.75) is 24.9 Å². The fourth-order valence-corrected chi connectivity index (χ4v) is 3.70. The van der Waals surface area contributed by atoms with Crippen LogP contribution >= 0.6 is 0 Å². The van der Waals surface area contributed by atoms with Crippen LogP contribution in [0, 0.1) is 0 Å². The molecule has 0 radical (unpaired) electrons. The number of rotatable bonds is 3. The van der Waals surface area contributed by atoms with Crippen molar-refractivity contribution in [3.8, 4) is 0 Å². The number of aliphatic carboxylic acids is 1. The number of sulfone groups is 1. The summed E-state index contributed by atoms with van der Waals surface area (Å²) in [5.41, 5.74) is -1.01. The zero-order valence-corrected chi connectivity index (χ0v) is 8.84. The summed E-state index contributed by atoms with van der Waals surface area (Å²) in [4.78, 5) is 10.6. The van der Waals surface area contributed by atoms with E-state index in [0.29, 0.717) is 12.8 Å². The zero-order valence-electron chi connectivity index (χ0n) is 8.02. The fraction of sp³-hybridized carbons (Fsp3) is 0.875. The minimum absolute atomic E-state index is 0.137. The zero-order chi connectivity index (χ0) is 10.8. The Morgan fingerprint density at radius 3 is 2.64 bits per heavy atom. The van der Waals surface area contributed by atoms with E-state index < -0.39 is 21.4 Å². The first-order chi connectivity index (χ1) is 6.39. The van der Waals surface area contributed by atoms with Gasteiger partial charge in [-0.1, -0.05) is 0 Å². The number of carboxylic acid groups (broad SMARTS) is 1.